The van der Waals surface area contributed by atoms with Crippen LogP contribution in [0, 0.1) is 23.2 Å². The van der Waals surface area contributed by atoms with Crippen molar-refractivity contribution < 1.29 is 50.6 Å². The minimum atomic E-state index is -3.95. The Labute approximate surface area is 343 Å². The summed E-state index contributed by atoms with van der Waals surface area (Å²) in [6, 6.07) is 2.14. The maximum atomic E-state index is 16.4. The van der Waals surface area contributed by atoms with Crippen LogP contribution in [0.2, 0.25) is 0 Å². The number of hydrogen-bond acceptors (Lipinski definition) is 11. The summed E-state index contributed by atoms with van der Waals surface area (Å²) in [6.07, 6.45) is 1.59. The molecule has 324 valence electrons. The van der Waals surface area contributed by atoms with Gasteiger partial charge in [-0.05, 0) is 74.3 Å². The van der Waals surface area contributed by atoms with Crippen LogP contribution in [0.3, 0.4) is 0 Å². The number of benzene rings is 1. The Hall–Kier alpha value is -4.35. The fourth-order valence-corrected chi connectivity index (χ4v) is 10.1. The molecule has 2 aromatic rings. The Balaban J connectivity index is 1.29. The van der Waals surface area contributed by atoms with Crippen LogP contribution in [0.15, 0.2) is 18.2 Å². The minimum Gasteiger partial charge on any atom is -0.497 e. The summed E-state index contributed by atoms with van der Waals surface area (Å²) in [5.74, 6) is -6.90. The van der Waals surface area contributed by atoms with Crippen molar-refractivity contribution in [2.75, 3.05) is 13.7 Å². The second-order valence-corrected chi connectivity index (χ2v) is 20.0. The standard InChI is InChI=1S/C41H56F2N6O9S/c1-7-23-20-40(23,37(52)48-59(54,55)25-14-15-25)47-34(50)31-26(8-2)30-21-49(31)36(51)33(39(3,4)5)46-38(53)58-29-18-22(29)12-10-9-11-17-41(42,43)32-35(57-30)45-28-19-24(56-6)13-16-27(28)44-32/h13,16,19,22-23,25-26,29-31,33H,7-12,14-15,17-18,20-21H2,1-6H3,(H,46,53)(H,47,50)(H,48,52)/t22-,23-,26-,29-,30+,31+,33-,40-/m1/s1. The van der Waals surface area contributed by atoms with Crippen LogP contribution < -0.4 is 24.8 Å². The van der Waals surface area contributed by atoms with E-state index in [1.165, 1.54) is 18.1 Å². The number of nitrogens with zero attached hydrogens (tertiary/aromatic N) is 3. The van der Waals surface area contributed by atoms with Gasteiger partial charge in [-0.1, -0.05) is 53.9 Å². The van der Waals surface area contributed by atoms with Gasteiger partial charge in [-0.25, -0.2) is 23.2 Å². The summed E-state index contributed by atoms with van der Waals surface area (Å²) in [4.78, 5) is 67.0. The van der Waals surface area contributed by atoms with E-state index < -0.39 is 98.1 Å². The van der Waals surface area contributed by atoms with E-state index in [1.54, 1.807) is 39.8 Å². The van der Waals surface area contributed by atoms with Crippen molar-refractivity contribution in [2.24, 2.45) is 23.2 Å². The number of carbonyl (C=O) groups excluding carboxylic acids is 4. The van der Waals surface area contributed by atoms with Gasteiger partial charge in [-0.15, -0.1) is 0 Å². The molecule has 8 atom stereocenters. The molecule has 3 saturated carbocycles. The number of sulfonamides is 1. The molecule has 7 rings (SSSR count). The zero-order chi connectivity index (χ0) is 42.7. The Morgan fingerprint density at radius 2 is 1.76 bits per heavy atom. The molecule has 15 nitrogen and oxygen atoms in total. The van der Waals surface area contributed by atoms with Crippen molar-refractivity contribution in [3.05, 3.63) is 23.9 Å². The van der Waals surface area contributed by atoms with Gasteiger partial charge in [-0.3, -0.25) is 19.1 Å². The number of rotatable bonds is 8. The zero-order valence-electron chi connectivity index (χ0n) is 34.5. The van der Waals surface area contributed by atoms with Crippen molar-refractivity contribution in [2.45, 2.75) is 146 Å². The molecule has 59 heavy (non-hydrogen) atoms. The highest BCUT2D eigenvalue weighted by molar-refractivity contribution is 7.91. The van der Waals surface area contributed by atoms with E-state index in [0.717, 1.165) is 0 Å². The molecular formula is C41H56F2N6O9S. The van der Waals surface area contributed by atoms with E-state index >= 15 is 8.78 Å². The van der Waals surface area contributed by atoms with E-state index in [4.69, 9.17) is 14.2 Å². The molecule has 1 saturated heterocycles. The Bertz CT molecular complexity index is 2100. The van der Waals surface area contributed by atoms with Gasteiger partial charge in [0.2, 0.25) is 27.7 Å². The third kappa shape index (κ3) is 8.78. The lowest BCUT2D eigenvalue weighted by Gasteiger charge is -2.36. The molecule has 1 aromatic carbocycles. The molecular weight excluding hydrogens is 791 g/mol. The van der Waals surface area contributed by atoms with Crippen molar-refractivity contribution in [1.82, 2.24) is 30.2 Å². The Morgan fingerprint density at radius 1 is 1.02 bits per heavy atom. The lowest BCUT2D eigenvalue weighted by Crippen LogP contribution is -2.61. The van der Waals surface area contributed by atoms with Gasteiger partial charge in [0.1, 0.15) is 35.6 Å². The summed E-state index contributed by atoms with van der Waals surface area (Å²) >= 11 is 0. The number of methoxy groups -OCH3 is 1. The van der Waals surface area contributed by atoms with Gasteiger partial charge < -0.3 is 29.7 Å². The summed E-state index contributed by atoms with van der Waals surface area (Å²) < 4.78 is 78.2. The molecule has 18 heteroatoms. The second-order valence-electron chi connectivity index (χ2n) is 18.0. The maximum Gasteiger partial charge on any atom is 0.408 e. The lowest BCUT2D eigenvalue weighted by atomic mass is 9.85. The predicted molar refractivity (Wildman–Crippen MR) is 211 cm³/mol. The van der Waals surface area contributed by atoms with E-state index in [9.17, 15) is 27.6 Å². The van der Waals surface area contributed by atoms with Crippen molar-refractivity contribution in [1.29, 1.82) is 0 Å². The average Bonchev–Trinajstić information content (AvgIpc) is 4.10. The summed E-state index contributed by atoms with van der Waals surface area (Å²) in [5.41, 5.74) is -2.70. The fraction of sp³-hybridized carbons (Fsp3) is 0.707. The number of halogens is 2. The van der Waals surface area contributed by atoms with Crippen LogP contribution in [0.1, 0.15) is 111 Å². The number of aromatic nitrogens is 2. The first kappa shape index (κ1) is 42.8. The average molecular weight is 847 g/mol. The molecule has 5 aliphatic rings. The third-order valence-electron chi connectivity index (χ3n) is 12.7. The molecule has 2 bridgehead atoms. The Kier molecular flexibility index (Phi) is 11.5. The van der Waals surface area contributed by atoms with Gasteiger partial charge in [0, 0.05) is 18.4 Å². The zero-order valence-corrected chi connectivity index (χ0v) is 35.3. The number of ether oxygens (including phenoxy) is 3. The highest BCUT2D eigenvalue weighted by Crippen LogP contribution is 2.48. The number of hydrogen-bond donors (Lipinski definition) is 3. The van der Waals surface area contributed by atoms with Gasteiger partial charge in [0.25, 0.3) is 11.8 Å². The predicted octanol–water partition coefficient (Wildman–Crippen LogP) is 5.10. The lowest BCUT2D eigenvalue weighted by molar-refractivity contribution is -0.143. The van der Waals surface area contributed by atoms with Gasteiger partial charge in [0.15, 0.2) is 5.69 Å². The van der Waals surface area contributed by atoms with Gasteiger partial charge >= 0.3 is 6.09 Å². The van der Waals surface area contributed by atoms with Crippen LogP contribution in [0.5, 0.6) is 11.6 Å². The highest BCUT2D eigenvalue weighted by Gasteiger charge is 2.63. The van der Waals surface area contributed by atoms with Crippen LogP contribution in [-0.2, 0) is 35.1 Å². The topological polar surface area (TPSA) is 195 Å². The molecule has 2 aliphatic heterocycles. The Morgan fingerprint density at radius 3 is 2.41 bits per heavy atom. The van der Waals surface area contributed by atoms with Crippen molar-refractivity contribution in [3.63, 3.8) is 0 Å². The number of carbonyl (C=O) groups is 4. The van der Waals surface area contributed by atoms with Crippen molar-refractivity contribution >= 4 is 44.9 Å². The van der Waals surface area contributed by atoms with E-state index in [2.05, 4.69) is 25.3 Å². The summed E-state index contributed by atoms with van der Waals surface area (Å²) in [6.45, 7) is 8.57. The quantitative estimate of drug-likeness (QED) is 0.320. The normalized spacial score (nSPS) is 31.2. The number of alkyl carbamates (subject to hydrolysis) is 1. The van der Waals surface area contributed by atoms with Crippen molar-refractivity contribution in [3.8, 4) is 11.6 Å². The molecule has 0 unspecified atom stereocenters. The fourth-order valence-electron chi connectivity index (χ4n) is 8.77. The monoisotopic (exact) mass is 846 g/mol. The van der Waals surface area contributed by atoms with Gasteiger partial charge in [0.05, 0.1) is 29.9 Å². The number of alkyl halides is 2. The molecule has 1 aromatic heterocycles. The van der Waals surface area contributed by atoms with Gasteiger partial charge in [-0.2, -0.15) is 8.78 Å². The number of amides is 4. The summed E-state index contributed by atoms with van der Waals surface area (Å²) in [5, 5.41) is 4.93. The minimum absolute atomic E-state index is 0.0753. The number of nitrogens with one attached hydrogen (secondary N) is 3. The highest BCUT2D eigenvalue weighted by atomic mass is 32.2. The van der Waals surface area contributed by atoms with E-state index in [-0.39, 0.29) is 54.8 Å². The van der Waals surface area contributed by atoms with Crippen LogP contribution in [0.25, 0.3) is 11.0 Å². The third-order valence-corrected chi connectivity index (χ3v) is 14.5. The maximum absolute atomic E-state index is 16.4. The van der Waals surface area contributed by atoms with E-state index in [0.29, 0.717) is 50.7 Å². The SMILES string of the molecule is CC[C@@H]1[C@@H]2CN(C(=O)[C@H](C(C)(C)C)NC(=O)O[C@@H]3C[C@H]3CCCCCC(F)(F)c3nc4ccc(OC)cc4nc3O2)[C@@H]1C(=O)N[C@]1(C(=O)NS(=O)(=O)C2CC2)C[C@H]1CC. The van der Waals surface area contributed by atoms with Crippen LogP contribution >= 0.6 is 0 Å². The molecule has 3 heterocycles. The van der Waals surface area contributed by atoms with E-state index in [1.807, 2.05) is 6.92 Å². The molecule has 4 fully saturated rings. The summed E-state index contributed by atoms with van der Waals surface area (Å²) in [7, 11) is -2.49. The first-order chi connectivity index (χ1) is 27.8. The molecule has 4 amide bonds. The van der Waals surface area contributed by atoms with Crippen LogP contribution in [0.4, 0.5) is 13.6 Å². The number of fused-ring (bicyclic) bond motifs is 5. The molecule has 0 radical (unpaired) electrons. The molecule has 0 spiro atoms. The molecule has 3 N–H and O–H groups in total. The molecule has 3 aliphatic carbocycles. The second kappa shape index (κ2) is 15.9. The largest absolute Gasteiger partial charge is 0.497 e. The first-order valence-electron chi connectivity index (χ1n) is 20.9. The first-order valence-corrected chi connectivity index (χ1v) is 22.4. The van der Waals surface area contributed by atoms with Crippen LogP contribution in [-0.4, -0.2) is 95.8 Å². The smallest absolute Gasteiger partial charge is 0.408 e.